The van der Waals surface area contributed by atoms with Crippen LogP contribution in [-0.2, 0) is 11.3 Å². The van der Waals surface area contributed by atoms with E-state index in [4.69, 9.17) is 9.47 Å². The number of benzene rings is 1. The molecule has 2 aromatic heterocycles. The van der Waals surface area contributed by atoms with Gasteiger partial charge in [-0.05, 0) is 37.6 Å². The molecule has 2 amide bonds. The summed E-state index contributed by atoms with van der Waals surface area (Å²) in [7, 11) is 0. The van der Waals surface area contributed by atoms with Crippen LogP contribution in [0.5, 0.6) is 5.75 Å². The molecule has 0 saturated carbocycles. The van der Waals surface area contributed by atoms with Gasteiger partial charge in [0.25, 0.3) is 11.8 Å². The van der Waals surface area contributed by atoms with E-state index in [9.17, 15) is 19.1 Å². The maximum Gasteiger partial charge on any atom is 0.261 e. The third-order valence-electron chi connectivity index (χ3n) is 6.47. The summed E-state index contributed by atoms with van der Waals surface area (Å²) in [4.78, 5) is 31.8. The molecule has 1 aromatic carbocycles. The van der Waals surface area contributed by atoms with Crippen LogP contribution in [0.2, 0.25) is 0 Å². The lowest BCUT2D eigenvalue weighted by Crippen LogP contribution is -2.42. The van der Waals surface area contributed by atoms with Crippen molar-refractivity contribution < 1.29 is 28.6 Å². The minimum atomic E-state index is -1.61. The number of alkyl halides is 1. The van der Waals surface area contributed by atoms with Crippen LogP contribution in [0, 0.1) is 0 Å². The zero-order chi connectivity index (χ0) is 25.4. The van der Waals surface area contributed by atoms with Gasteiger partial charge in [-0.2, -0.15) is 5.10 Å². The first-order valence-electron chi connectivity index (χ1n) is 11.9. The fourth-order valence-electron chi connectivity index (χ4n) is 4.31. The Labute approximate surface area is 207 Å². The lowest BCUT2D eigenvalue weighted by atomic mass is 10.0. The molecule has 1 fully saturated rings. The van der Waals surface area contributed by atoms with E-state index in [0.717, 1.165) is 0 Å². The van der Waals surface area contributed by atoms with Gasteiger partial charge in [-0.1, -0.05) is 0 Å². The Bertz CT molecular complexity index is 1300. The summed E-state index contributed by atoms with van der Waals surface area (Å²) in [6, 6.07) is 5.01. The number of anilines is 1. The lowest BCUT2D eigenvalue weighted by Gasteiger charge is -2.26. The molecule has 2 aliphatic rings. The first-order chi connectivity index (χ1) is 17.2. The van der Waals surface area contributed by atoms with Crippen molar-refractivity contribution in [2.75, 3.05) is 25.1 Å². The van der Waals surface area contributed by atoms with Crippen LogP contribution in [-0.4, -0.2) is 74.1 Å². The molecule has 1 saturated heterocycles. The number of aromatic nitrogens is 3. The Morgan fingerprint density at radius 3 is 2.89 bits per heavy atom. The topological polar surface area (TPSA) is 118 Å². The van der Waals surface area contributed by atoms with Crippen molar-refractivity contribution in [3.05, 3.63) is 53.5 Å². The number of nitrogens with zero attached hydrogens (tertiary/aromatic N) is 4. The van der Waals surface area contributed by atoms with Crippen LogP contribution in [0.1, 0.15) is 53.0 Å². The molecule has 2 N–H and O–H groups in total. The van der Waals surface area contributed by atoms with Crippen molar-refractivity contribution in [3.8, 4) is 5.75 Å². The summed E-state index contributed by atoms with van der Waals surface area (Å²) < 4.78 is 27.7. The van der Waals surface area contributed by atoms with E-state index in [1.54, 1.807) is 30.6 Å². The molecule has 1 atom stereocenters. The first kappa shape index (κ1) is 24.1. The van der Waals surface area contributed by atoms with Crippen LogP contribution < -0.4 is 10.1 Å². The van der Waals surface area contributed by atoms with Gasteiger partial charge in [-0.25, -0.2) is 13.9 Å². The number of rotatable bonds is 7. The molecule has 190 valence electrons. The van der Waals surface area contributed by atoms with Crippen LogP contribution in [0.3, 0.4) is 0 Å². The lowest BCUT2D eigenvalue weighted by molar-refractivity contribution is -0.0159. The molecule has 0 aliphatic carbocycles. The highest BCUT2D eigenvalue weighted by Crippen LogP contribution is 2.36. The number of amides is 2. The van der Waals surface area contributed by atoms with Crippen LogP contribution in [0.4, 0.5) is 10.1 Å². The summed E-state index contributed by atoms with van der Waals surface area (Å²) in [5, 5.41) is 17.0. The highest BCUT2D eigenvalue weighted by Gasteiger charge is 2.35. The van der Waals surface area contributed by atoms with Crippen molar-refractivity contribution in [1.29, 1.82) is 0 Å². The molecule has 10 nitrogen and oxygen atoms in total. The van der Waals surface area contributed by atoms with E-state index in [-0.39, 0.29) is 30.7 Å². The second kappa shape index (κ2) is 9.47. The number of hydrogen-bond acceptors (Lipinski definition) is 7. The summed E-state index contributed by atoms with van der Waals surface area (Å²) in [5.41, 5.74) is 0.537. The fourth-order valence-corrected chi connectivity index (χ4v) is 4.31. The molecule has 4 heterocycles. The second-order valence-electron chi connectivity index (χ2n) is 9.64. The number of aliphatic hydroxyl groups is 1. The Balaban J connectivity index is 1.45. The molecular weight excluding hydrogens is 469 g/mol. The van der Waals surface area contributed by atoms with Gasteiger partial charge >= 0.3 is 0 Å². The molecular formula is C25H28FN5O5. The van der Waals surface area contributed by atoms with E-state index in [2.05, 4.69) is 15.4 Å². The Morgan fingerprint density at radius 1 is 1.36 bits per heavy atom. The molecule has 0 bridgehead atoms. The summed E-state index contributed by atoms with van der Waals surface area (Å²) in [6.45, 7) is 3.77. The molecule has 11 heteroatoms. The predicted octanol–water partition coefficient (Wildman–Crippen LogP) is 2.60. The standard InChI is InChI=1S/C25H28FN5O5/c1-25(2,34)21(26)14-30-13-15-10-19(29-23(32)18-12-28-31-7-3-6-27-22(18)31)20(11-17(15)24(30)33)36-16-4-8-35-9-5-16/h3,6-7,10-12,16,21,34H,4-5,8-9,13-14H2,1-2H3,(H,29,32)/t21-/m1/s1. The minimum absolute atomic E-state index is 0.135. The van der Waals surface area contributed by atoms with Crippen molar-refractivity contribution in [2.45, 2.75) is 51.1 Å². The quantitative estimate of drug-likeness (QED) is 0.515. The van der Waals surface area contributed by atoms with Crippen molar-refractivity contribution in [1.82, 2.24) is 19.5 Å². The van der Waals surface area contributed by atoms with Gasteiger partial charge in [0.05, 0.1) is 37.2 Å². The number of hydrogen-bond donors (Lipinski definition) is 2. The van der Waals surface area contributed by atoms with E-state index in [1.807, 2.05) is 0 Å². The maximum atomic E-state index is 14.5. The SMILES string of the molecule is CC(C)(O)[C@H](F)CN1Cc2cc(NC(=O)c3cnn4cccnc34)c(OC3CCOCC3)cc2C1=O. The Kier molecular flexibility index (Phi) is 6.35. The molecule has 2 aliphatic heterocycles. The van der Waals surface area contributed by atoms with Gasteiger partial charge in [-0.3, -0.25) is 9.59 Å². The number of halogens is 1. The second-order valence-corrected chi connectivity index (χ2v) is 9.64. The molecule has 5 rings (SSSR count). The van der Waals surface area contributed by atoms with E-state index in [0.29, 0.717) is 54.3 Å². The summed E-state index contributed by atoms with van der Waals surface area (Å²) in [5.74, 6) is -0.418. The van der Waals surface area contributed by atoms with Gasteiger partial charge in [0.15, 0.2) is 5.65 Å². The van der Waals surface area contributed by atoms with Crippen molar-refractivity contribution in [2.24, 2.45) is 0 Å². The molecule has 0 unspecified atom stereocenters. The highest BCUT2D eigenvalue weighted by molar-refractivity contribution is 6.09. The maximum absolute atomic E-state index is 14.5. The zero-order valence-electron chi connectivity index (χ0n) is 20.1. The van der Waals surface area contributed by atoms with Gasteiger partial charge in [-0.15, -0.1) is 0 Å². The number of nitrogens with one attached hydrogen (secondary N) is 1. The largest absolute Gasteiger partial charge is 0.488 e. The van der Waals surface area contributed by atoms with E-state index < -0.39 is 17.7 Å². The van der Waals surface area contributed by atoms with Crippen LogP contribution in [0.15, 0.2) is 36.8 Å². The Morgan fingerprint density at radius 2 is 2.14 bits per heavy atom. The smallest absolute Gasteiger partial charge is 0.261 e. The van der Waals surface area contributed by atoms with E-state index >= 15 is 0 Å². The average Bonchev–Trinajstić information content (AvgIpc) is 3.41. The number of fused-ring (bicyclic) bond motifs is 2. The third kappa shape index (κ3) is 4.76. The van der Waals surface area contributed by atoms with Gasteiger partial charge < -0.3 is 24.8 Å². The van der Waals surface area contributed by atoms with Crippen LogP contribution in [0.25, 0.3) is 5.65 Å². The predicted molar refractivity (Wildman–Crippen MR) is 128 cm³/mol. The van der Waals surface area contributed by atoms with Crippen molar-refractivity contribution in [3.63, 3.8) is 0 Å². The zero-order valence-corrected chi connectivity index (χ0v) is 20.1. The number of carbonyl (C=O) groups is 2. The summed E-state index contributed by atoms with van der Waals surface area (Å²) >= 11 is 0. The monoisotopic (exact) mass is 497 g/mol. The molecule has 3 aromatic rings. The minimum Gasteiger partial charge on any atom is -0.488 e. The van der Waals surface area contributed by atoms with E-state index in [1.165, 1.54) is 29.5 Å². The highest BCUT2D eigenvalue weighted by atomic mass is 19.1. The fraction of sp³-hybridized carbons (Fsp3) is 0.440. The van der Waals surface area contributed by atoms with Gasteiger partial charge in [0.2, 0.25) is 0 Å². The molecule has 0 radical (unpaired) electrons. The third-order valence-corrected chi connectivity index (χ3v) is 6.47. The summed E-state index contributed by atoms with van der Waals surface area (Å²) in [6.07, 6.45) is 4.32. The average molecular weight is 498 g/mol. The normalized spacial score (nSPS) is 17.3. The van der Waals surface area contributed by atoms with Gasteiger partial charge in [0.1, 0.15) is 23.6 Å². The molecule has 36 heavy (non-hydrogen) atoms. The number of carbonyl (C=O) groups excluding carboxylic acids is 2. The first-order valence-corrected chi connectivity index (χ1v) is 11.9. The number of ether oxygens (including phenoxy) is 2. The Hall–Kier alpha value is -3.57. The molecule has 0 spiro atoms. The van der Waals surface area contributed by atoms with Gasteiger partial charge in [0, 0.05) is 37.3 Å². The van der Waals surface area contributed by atoms with Crippen molar-refractivity contribution >= 4 is 23.1 Å². The van der Waals surface area contributed by atoms with Crippen LogP contribution >= 0.6 is 0 Å².